The summed E-state index contributed by atoms with van der Waals surface area (Å²) in [4.78, 5) is 96.7. The lowest BCUT2D eigenvalue weighted by molar-refractivity contribution is -0.327. The Kier molecular flexibility index (Phi) is 13.8. The van der Waals surface area contributed by atoms with E-state index in [0.29, 0.717) is 0 Å². The zero-order chi connectivity index (χ0) is 34.9. The van der Waals surface area contributed by atoms with E-state index >= 15 is 0 Å². The molecule has 46 heavy (non-hydrogen) atoms. The second-order valence-electron chi connectivity index (χ2n) is 9.88. The summed E-state index contributed by atoms with van der Waals surface area (Å²) in [5.74, 6) is -7.49. The van der Waals surface area contributed by atoms with Crippen molar-refractivity contribution in [2.24, 2.45) is 0 Å². The predicted molar refractivity (Wildman–Crippen MR) is 140 cm³/mol. The van der Waals surface area contributed by atoms with E-state index in [-0.39, 0.29) is 0 Å². The summed E-state index contributed by atoms with van der Waals surface area (Å²) < 4.78 is 58.8. The van der Waals surface area contributed by atoms with Gasteiger partial charge in [-0.2, -0.15) is 0 Å². The summed E-state index contributed by atoms with van der Waals surface area (Å²) in [6.07, 6.45) is -16.7. The summed E-state index contributed by atoms with van der Waals surface area (Å²) >= 11 is 0. The van der Waals surface area contributed by atoms with Crippen molar-refractivity contribution >= 4 is 47.8 Å². The van der Waals surface area contributed by atoms with Gasteiger partial charge in [0.1, 0.15) is 6.10 Å². The second-order valence-corrected chi connectivity index (χ2v) is 9.88. The molecule has 2 rings (SSSR count). The van der Waals surface area contributed by atoms with Crippen molar-refractivity contribution in [3.63, 3.8) is 0 Å². The van der Waals surface area contributed by atoms with Crippen molar-refractivity contribution in [1.29, 1.82) is 0 Å². The Balaban J connectivity index is 2.58. The zero-order valence-corrected chi connectivity index (χ0v) is 26.2. The van der Waals surface area contributed by atoms with Crippen molar-refractivity contribution < 1.29 is 90.5 Å². The van der Waals surface area contributed by atoms with Gasteiger partial charge in [-0.25, -0.2) is 4.79 Å². The van der Waals surface area contributed by atoms with Gasteiger partial charge in [-0.1, -0.05) is 0 Å². The molecule has 0 aromatic carbocycles. The third kappa shape index (κ3) is 10.6. The van der Waals surface area contributed by atoms with Crippen molar-refractivity contribution in [3.05, 3.63) is 0 Å². The number of carbonyl (C=O) groups is 8. The average Bonchev–Trinajstić information content (AvgIpc) is 2.91. The number of hydrogen-bond acceptors (Lipinski definition) is 19. The highest BCUT2D eigenvalue weighted by Gasteiger charge is 2.57. The summed E-state index contributed by atoms with van der Waals surface area (Å²) in [6, 6.07) is 0. The lowest BCUT2D eigenvalue weighted by Gasteiger charge is -2.45. The molecule has 19 nitrogen and oxygen atoms in total. The molecule has 0 radical (unpaired) electrons. The van der Waals surface area contributed by atoms with Crippen LogP contribution in [0.3, 0.4) is 0 Å². The molecule has 2 aliphatic rings. The fraction of sp³-hybridized carbons (Fsp3) is 0.704. The van der Waals surface area contributed by atoms with Crippen LogP contribution in [0.25, 0.3) is 0 Å². The van der Waals surface area contributed by atoms with Crippen LogP contribution in [-0.4, -0.2) is 123 Å². The topological polar surface area (TPSA) is 238 Å². The number of methoxy groups -OCH3 is 1. The van der Waals surface area contributed by atoms with Crippen LogP contribution in [0.4, 0.5) is 0 Å². The van der Waals surface area contributed by atoms with E-state index in [1.165, 1.54) is 0 Å². The Labute approximate surface area is 262 Å². The molecule has 0 N–H and O–H groups in total. The summed E-state index contributed by atoms with van der Waals surface area (Å²) in [5, 5.41) is 0. The highest BCUT2D eigenvalue weighted by atomic mass is 16.8. The Morgan fingerprint density at radius 2 is 0.826 bits per heavy atom. The molecule has 2 fully saturated rings. The number of rotatable bonds is 11. The van der Waals surface area contributed by atoms with Gasteiger partial charge in [0.25, 0.3) is 0 Å². The van der Waals surface area contributed by atoms with Gasteiger partial charge in [0.15, 0.2) is 42.9 Å². The number of ether oxygens (including phenoxy) is 11. The molecule has 2 saturated heterocycles. The number of carbonyl (C=O) groups excluding carboxylic acids is 8. The van der Waals surface area contributed by atoms with E-state index < -0.39 is 116 Å². The van der Waals surface area contributed by atoms with Crippen molar-refractivity contribution in [1.82, 2.24) is 0 Å². The lowest BCUT2D eigenvalue weighted by Crippen LogP contribution is -2.65. The first kappa shape index (κ1) is 37.8. The Hall–Kier alpha value is -4.36. The minimum Gasteiger partial charge on any atom is -0.467 e. The van der Waals surface area contributed by atoms with E-state index in [0.717, 1.165) is 55.6 Å². The maximum atomic E-state index is 12.7. The molecule has 0 spiro atoms. The molecule has 0 aromatic rings. The molecule has 0 aromatic heterocycles. The normalized spacial score (nSPS) is 30.4. The van der Waals surface area contributed by atoms with Crippen LogP contribution >= 0.6 is 0 Å². The van der Waals surface area contributed by atoms with E-state index in [9.17, 15) is 38.4 Å². The van der Waals surface area contributed by atoms with Crippen LogP contribution < -0.4 is 0 Å². The van der Waals surface area contributed by atoms with Gasteiger partial charge in [0.05, 0.1) is 13.7 Å². The van der Waals surface area contributed by atoms with Crippen LogP contribution in [0.2, 0.25) is 0 Å². The van der Waals surface area contributed by atoms with Gasteiger partial charge in [-0.15, -0.1) is 0 Å². The first-order valence-electron chi connectivity index (χ1n) is 13.7. The maximum Gasteiger partial charge on any atom is 0.339 e. The highest BCUT2D eigenvalue weighted by molar-refractivity contribution is 5.77. The van der Waals surface area contributed by atoms with Crippen molar-refractivity contribution in [2.45, 2.75) is 110 Å². The third-order valence-electron chi connectivity index (χ3n) is 6.04. The average molecular weight is 665 g/mol. The van der Waals surface area contributed by atoms with Crippen LogP contribution in [0.1, 0.15) is 48.5 Å². The van der Waals surface area contributed by atoms with Gasteiger partial charge in [-0.3, -0.25) is 33.6 Å². The third-order valence-corrected chi connectivity index (χ3v) is 6.04. The second kappa shape index (κ2) is 16.8. The molecule has 2 aliphatic heterocycles. The lowest BCUT2D eigenvalue weighted by atomic mass is 9.97. The molecule has 0 amide bonds. The minimum atomic E-state index is -1.80. The summed E-state index contributed by atoms with van der Waals surface area (Å²) in [7, 11) is 0.995. The largest absolute Gasteiger partial charge is 0.467 e. The molecular formula is C27H36O19. The van der Waals surface area contributed by atoms with Crippen LogP contribution in [-0.2, 0) is 90.5 Å². The highest BCUT2D eigenvalue weighted by Crippen LogP contribution is 2.33. The first-order valence-corrected chi connectivity index (χ1v) is 13.7. The summed E-state index contributed by atoms with van der Waals surface area (Å²) in [6.45, 7) is 6.33. The predicted octanol–water partition coefficient (Wildman–Crippen LogP) is -1.22. The molecule has 1 unspecified atom stereocenters. The van der Waals surface area contributed by atoms with Crippen molar-refractivity contribution in [3.8, 4) is 0 Å². The monoisotopic (exact) mass is 664 g/mol. The quantitative estimate of drug-likeness (QED) is 0.186. The van der Waals surface area contributed by atoms with Crippen molar-refractivity contribution in [2.75, 3.05) is 13.7 Å². The smallest absolute Gasteiger partial charge is 0.339 e. The zero-order valence-electron chi connectivity index (χ0n) is 26.2. The van der Waals surface area contributed by atoms with Gasteiger partial charge in [-0.05, 0) is 0 Å². The van der Waals surface area contributed by atoms with Gasteiger partial charge in [0, 0.05) is 48.5 Å². The molecule has 0 saturated carbocycles. The molecule has 19 heteroatoms. The first-order chi connectivity index (χ1) is 21.4. The molecule has 258 valence electrons. The fourth-order valence-electron chi connectivity index (χ4n) is 4.65. The van der Waals surface area contributed by atoms with Gasteiger partial charge in [0.2, 0.25) is 12.4 Å². The molecule has 0 aliphatic carbocycles. The molecule has 2 heterocycles. The van der Waals surface area contributed by atoms with Crippen LogP contribution in [0.5, 0.6) is 0 Å². The molecular weight excluding hydrogens is 628 g/mol. The number of hydrogen-bond donors (Lipinski definition) is 0. The van der Waals surface area contributed by atoms with E-state index in [1.54, 1.807) is 0 Å². The Bertz CT molecular complexity index is 1180. The SMILES string of the molecule is COC(=O)[C@H]1O[C@@H](OC[C@H]2OC(OC(C)=O)[C@H](OC(C)=O)[C@@H](OC(C)=O)[C@@H]2OC(C)=O)[C@H](OC(C)=O)[C@@H](OC(C)=O)[C@@H]1OC(C)=O. The summed E-state index contributed by atoms with van der Waals surface area (Å²) in [5.41, 5.74) is 0. The Morgan fingerprint density at radius 1 is 0.457 bits per heavy atom. The van der Waals surface area contributed by atoms with Gasteiger partial charge < -0.3 is 52.1 Å². The standard InChI is InChI=1S/C27H36O19/c1-10(28)38-18-17(45-27(44-16(7)34)24(43-15(6)33)19(18)39-11(2)29)9-37-26-23(42-14(5)32)21(41-13(4)31)20(40-12(3)30)22(46-26)25(35)36-8/h17-24,26-27H,9H2,1-8H3/t17-,18-,19+,20+,21+,22+,23-,24-,26-,27?/m1/s1. The van der Waals surface area contributed by atoms with Gasteiger partial charge >= 0.3 is 47.8 Å². The van der Waals surface area contributed by atoms with E-state index in [2.05, 4.69) is 0 Å². The van der Waals surface area contributed by atoms with Crippen LogP contribution in [0, 0.1) is 0 Å². The fourth-order valence-corrected chi connectivity index (χ4v) is 4.65. The van der Waals surface area contributed by atoms with E-state index in [4.69, 9.17) is 52.1 Å². The molecule has 0 bridgehead atoms. The minimum absolute atomic E-state index is 0.721. The van der Waals surface area contributed by atoms with Crippen LogP contribution in [0.15, 0.2) is 0 Å². The number of esters is 8. The molecule has 10 atom stereocenters. The maximum absolute atomic E-state index is 12.7. The van der Waals surface area contributed by atoms with E-state index in [1.807, 2.05) is 0 Å². The Morgan fingerprint density at radius 3 is 1.26 bits per heavy atom.